The lowest BCUT2D eigenvalue weighted by atomic mass is 10.1. The lowest BCUT2D eigenvalue weighted by Crippen LogP contribution is -2.41. The SMILES string of the molecule is Cc1ccc(/C=C2\SC(=O)N(CCNC(=O)[C@@H](C)Oc3ccccc3)C2=O)cc1. The normalized spacial score (nSPS) is 16.2. The fourth-order valence-electron chi connectivity index (χ4n) is 2.70. The molecule has 0 radical (unpaired) electrons. The Hall–Kier alpha value is -3.06. The molecule has 7 heteroatoms. The van der Waals surface area contributed by atoms with Crippen LogP contribution in [0, 0.1) is 6.92 Å². The first-order valence-corrected chi connectivity index (χ1v) is 10.1. The molecular formula is C22H22N2O4S. The summed E-state index contributed by atoms with van der Waals surface area (Å²) < 4.78 is 5.56. The van der Waals surface area contributed by atoms with Gasteiger partial charge < -0.3 is 10.1 Å². The maximum absolute atomic E-state index is 12.5. The van der Waals surface area contributed by atoms with E-state index < -0.39 is 6.10 Å². The second-order valence-electron chi connectivity index (χ2n) is 6.61. The predicted octanol–water partition coefficient (Wildman–Crippen LogP) is 3.62. The Bertz CT molecular complexity index is 926. The number of aryl methyl sites for hydroxylation is 1. The highest BCUT2D eigenvalue weighted by Crippen LogP contribution is 2.31. The molecule has 6 nitrogen and oxygen atoms in total. The molecule has 0 bridgehead atoms. The van der Waals surface area contributed by atoms with E-state index in [1.807, 2.05) is 49.4 Å². The molecule has 29 heavy (non-hydrogen) atoms. The minimum Gasteiger partial charge on any atom is -0.481 e. The molecule has 3 amide bonds. The third kappa shape index (κ3) is 5.48. The maximum atomic E-state index is 12.5. The molecule has 2 aromatic rings. The Labute approximate surface area is 173 Å². The van der Waals surface area contributed by atoms with Crippen LogP contribution in [0.15, 0.2) is 59.5 Å². The van der Waals surface area contributed by atoms with Gasteiger partial charge in [-0.1, -0.05) is 48.0 Å². The molecule has 0 saturated carbocycles. The molecule has 0 spiro atoms. The first-order chi connectivity index (χ1) is 13.9. The zero-order valence-electron chi connectivity index (χ0n) is 16.3. The molecule has 1 atom stereocenters. The second-order valence-corrected chi connectivity index (χ2v) is 7.60. The van der Waals surface area contributed by atoms with Gasteiger partial charge in [-0.3, -0.25) is 19.3 Å². The third-order valence-electron chi connectivity index (χ3n) is 4.31. The lowest BCUT2D eigenvalue weighted by Gasteiger charge is -2.16. The number of para-hydroxylation sites is 1. The van der Waals surface area contributed by atoms with Crippen LogP contribution in [-0.4, -0.2) is 41.1 Å². The van der Waals surface area contributed by atoms with Crippen molar-refractivity contribution in [2.45, 2.75) is 20.0 Å². The summed E-state index contributed by atoms with van der Waals surface area (Å²) in [5.74, 6) is -0.0539. The summed E-state index contributed by atoms with van der Waals surface area (Å²) in [5.41, 5.74) is 1.98. The van der Waals surface area contributed by atoms with Crippen LogP contribution < -0.4 is 10.1 Å². The molecule has 1 heterocycles. The smallest absolute Gasteiger partial charge is 0.293 e. The van der Waals surface area contributed by atoms with Gasteiger partial charge in [0.25, 0.3) is 17.1 Å². The highest BCUT2D eigenvalue weighted by Gasteiger charge is 2.34. The van der Waals surface area contributed by atoms with E-state index in [2.05, 4.69) is 5.32 Å². The van der Waals surface area contributed by atoms with Gasteiger partial charge in [-0.15, -0.1) is 0 Å². The summed E-state index contributed by atoms with van der Waals surface area (Å²) in [7, 11) is 0. The zero-order valence-corrected chi connectivity index (χ0v) is 17.1. The van der Waals surface area contributed by atoms with Crippen molar-refractivity contribution in [3.05, 3.63) is 70.6 Å². The van der Waals surface area contributed by atoms with Crippen molar-refractivity contribution in [3.63, 3.8) is 0 Å². The van der Waals surface area contributed by atoms with Crippen molar-refractivity contribution in [1.29, 1.82) is 0 Å². The molecule has 150 valence electrons. The number of amides is 3. The zero-order chi connectivity index (χ0) is 20.8. The highest BCUT2D eigenvalue weighted by molar-refractivity contribution is 8.18. The van der Waals surface area contributed by atoms with Gasteiger partial charge in [0.1, 0.15) is 5.75 Å². The van der Waals surface area contributed by atoms with Crippen LogP contribution in [0.25, 0.3) is 6.08 Å². The summed E-state index contributed by atoms with van der Waals surface area (Å²) in [6.07, 6.45) is 1.02. The standard InChI is InChI=1S/C22H22N2O4S/c1-15-8-10-17(11-9-15)14-19-21(26)24(22(27)29-19)13-12-23-20(25)16(2)28-18-6-4-3-5-7-18/h3-11,14,16H,12-13H2,1-2H3,(H,23,25)/b19-14-/t16-/m1/s1. The molecule has 1 aliphatic heterocycles. The number of hydrogen-bond acceptors (Lipinski definition) is 5. The van der Waals surface area contributed by atoms with Gasteiger partial charge in [-0.2, -0.15) is 0 Å². The number of thioether (sulfide) groups is 1. The average molecular weight is 410 g/mol. The minimum atomic E-state index is -0.686. The van der Waals surface area contributed by atoms with Crippen molar-refractivity contribution < 1.29 is 19.1 Å². The van der Waals surface area contributed by atoms with E-state index in [4.69, 9.17) is 4.74 Å². The summed E-state index contributed by atoms with van der Waals surface area (Å²) in [6.45, 7) is 3.90. The number of carbonyl (C=O) groups excluding carboxylic acids is 3. The average Bonchev–Trinajstić information content (AvgIpc) is 2.97. The summed E-state index contributed by atoms with van der Waals surface area (Å²) >= 11 is 0.909. The summed E-state index contributed by atoms with van der Waals surface area (Å²) in [5, 5.41) is 2.37. The summed E-state index contributed by atoms with van der Waals surface area (Å²) in [6, 6.07) is 16.7. The van der Waals surface area contributed by atoms with Crippen molar-refractivity contribution in [2.75, 3.05) is 13.1 Å². The first kappa shape index (κ1) is 20.7. The van der Waals surface area contributed by atoms with Crippen LogP contribution in [0.1, 0.15) is 18.1 Å². The fourth-order valence-corrected chi connectivity index (χ4v) is 3.56. The van der Waals surface area contributed by atoms with Crippen molar-refractivity contribution in [2.24, 2.45) is 0 Å². The van der Waals surface area contributed by atoms with E-state index in [1.54, 1.807) is 25.1 Å². The number of nitrogens with one attached hydrogen (secondary N) is 1. The van der Waals surface area contributed by atoms with E-state index >= 15 is 0 Å². The number of rotatable bonds is 7. The van der Waals surface area contributed by atoms with Crippen LogP contribution >= 0.6 is 11.8 Å². The molecule has 0 unspecified atom stereocenters. The van der Waals surface area contributed by atoms with E-state index in [-0.39, 0.29) is 30.1 Å². The maximum Gasteiger partial charge on any atom is 0.293 e. The Morgan fingerprint density at radius 3 is 2.52 bits per heavy atom. The molecule has 0 aromatic heterocycles. The van der Waals surface area contributed by atoms with Gasteiger partial charge in [-0.25, -0.2) is 0 Å². The minimum absolute atomic E-state index is 0.111. The molecule has 0 aliphatic carbocycles. The fraction of sp³-hybridized carbons (Fsp3) is 0.227. The topological polar surface area (TPSA) is 75.7 Å². The number of nitrogens with zero attached hydrogens (tertiary/aromatic N) is 1. The van der Waals surface area contributed by atoms with Crippen molar-refractivity contribution in [1.82, 2.24) is 10.2 Å². The number of carbonyl (C=O) groups is 3. The number of ether oxygens (including phenoxy) is 1. The monoisotopic (exact) mass is 410 g/mol. The molecule has 1 fully saturated rings. The van der Waals surface area contributed by atoms with Crippen LogP contribution in [-0.2, 0) is 9.59 Å². The molecule has 1 saturated heterocycles. The van der Waals surface area contributed by atoms with E-state index in [0.29, 0.717) is 10.7 Å². The van der Waals surface area contributed by atoms with Gasteiger partial charge in [-0.05, 0) is 49.4 Å². The van der Waals surface area contributed by atoms with Crippen LogP contribution in [0.3, 0.4) is 0 Å². The van der Waals surface area contributed by atoms with Gasteiger partial charge in [0.15, 0.2) is 6.10 Å². The first-order valence-electron chi connectivity index (χ1n) is 9.25. The lowest BCUT2D eigenvalue weighted by molar-refractivity contribution is -0.128. The summed E-state index contributed by atoms with van der Waals surface area (Å²) in [4.78, 5) is 38.4. The highest BCUT2D eigenvalue weighted by atomic mass is 32.2. The van der Waals surface area contributed by atoms with Crippen molar-refractivity contribution >= 4 is 34.9 Å². The van der Waals surface area contributed by atoms with Crippen molar-refractivity contribution in [3.8, 4) is 5.75 Å². The van der Waals surface area contributed by atoms with Gasteiger partial charge in [0, 0.05) is 13.1 Å². The van der Waals surface area contributed by atoms with Gasteiger partial charge in [0.05, 0.1) is 4.91 Å². The van der Waals surface area contributed by atoms with Gasteiger partial charge in [0.2, 0.25) is 0 Å². The quantitative estimate of drug-likeness (QED) is 0.706. The molecule has 1 N–H and O–H groups in total. The van der Waals surface area contributed by atoms with E-state index in [0.717, 1.165) is 27.8 Å². The molecular weight excluding hydrogens is 388 g/mol. The Morgan fingerprint density at radius 1 is 1.14 bits per heavy atom. The van der Waals surface area contributed by atoms with Gasteiger partial charge >= 0.3 is 0 Å². The Balaban J connectivity index is 1.51. The van der Waals surface area contributed by atoms with E-state index in [1.165, 1.54) is 0 Å². The molecule has 2 aromatic carbocycles. The van der Waals surface area contributed by atoms with Crippen LogP contribution in [0.5, 0.6) is 5.75 Å². The Morgan fingerprint density at radius 2 is 1.83 bits per heavy atom. The van der Waals surface area contributed by atoms with E-state index in [9.17, 15) is 14.4 Å². The predicted molar refractivity (Wildman–Crippen MR) is 113 cm³/mol. The number of hydrogen-bond donors (Lipinski definition) is 1. The third-order valence-corrected chi connectivity index (χ3v) is 5.22. The molecule has 1 aliphatic rings. The number of benzene rings is 2. The Kier molecular flexibility index (Phi) is 6.72. The largest absolute Gasteiger partial charge is 0.481 e. The van der Waals surface area contributed by atoms with Crippen LogP contribution in [0.4, 0.5) is 4.79 Å². The van der Waals surface area contributed by atoms with Crippen LogP contribution in [0.2, 0.25) is 0 Å². The molecule has 3 rings (SSSR count). The number of imide groups is 1. The second kappa shape index (κ2) is 9.43.